The zero-order valence-corrected chi connectivity index (χ0v) is 21.1. The molecule has 7 nitrogen and oxygen atoms in total. The first kappa shape index (κ1) is 26.4. The number of amides is 1. The molecule has 188 valence electrons. The standard InChI is InChI=1S/C28H36N2O5/c1-5-35-27(34)24(17-15-20-11-7-6-8-12-20)30(28(2,3)4)23-18-16-21-13-9-10-14-22(21)29(26(23)33)19-25(31)32/h6-14,23-24H,5,15-19H2,1-4H3,(H,31,32). The molecule has 2 aromatic carbocycles. The molecule has 1 N–H and O–H groups in total. The summed E-state index contributed by atoms with van der Waals surface area (Å²) in [6, 6.07) is 16.0. The van der Waals surface area contributed by atoms with Gasteiger partial charge in [-0.1, -0.05) is 48.5 Å². The molecule has 1 heterocycles. The molecule has 0 aliphatic carbocycles. The number of fused-ring (bicyclic) bond motifs is 1. The lowest BCUT2D eigenvalue weighted by molar-refractivity contribution is -0.156. The van der Waals surface area contributed by atoms with Crippen LogP contribution in [0.4, 0.5) is 5.69 Å². The number of ether oxygens (including phenoxy) is 1. The maximum absolute atomic E-state index is 14.0. The molecule has 1 aliphatic heterocycles. The van der Waals surface area contributed by atoms with Gasteiger partial charge < -0.3 is 9.84 Å². The van der Waals surface area contributed by atoms with Gasteiger partial charge in [-0.15, -0.1) is 0 Å². The van der Waals surface area contributed by atoms with Gasteiger partial charge in [0.05, 0.1) is 12.6 Å². The van der Waals surface area contributed by atoms with Crippen molar-refractivity contribution in [3.05, 3.63) is 65.7 Å². The molecule has 2 unspecified atom stereocenters. The lowest BCUT2D eigenvalue weighted by Crippen LogP contribution is -2.61. The lowest BCUT2D eigenvalue weighted by Gasteiger charge is -2.45. The number of carboxylic acids is 1. The molecule has 0 saturated heterocycles. The molecule has 0 spiro atoms. The molecule has 0 radical (unpaired) electrons. The second kappa shape index (κ2) is 11.5. The van der Waals surface area contributed by atoms with E-state index in [0.717, 1.165) is 11.1 Å². The van der Waals surface area contributed by atoms with E-state index in [9.17, 15) is 19.5 Å². The molecule has 0 aromatic heterocycles. The molecule has 35 heavy (non-hydrogen) atoms. The second-order valence-electron chi connectivity index (χ2n) is 9.87. The smallest absolute Gasteiger partial charge is 0.323 e. The quantitative estimate of drug-likeness (QED) is 0.544. The van der Waals surface area contributed by atoms with E-state index < -0.39 is 30.1 Å². The van der Waals surface area contributed by atoms with Crippen molar-refractivity contribution in [2.75, 3.05) is 18.1 Å². The van der Waals surface area contributed by atoms with Crippen LogP contribution in [0.1, 0.15) is 51.7 Å². The molecular formula is C28H36N2O5. The molecule has 0 saturated carbocycles. The Morgan fingerprint density at radius 1 is 1.11 bits per heavy atom. The van der Waals surface area contributed by atoms with Crippen LogP contribution in [0, 0.1) is 0 Å². The number of rotatable bonds is 9. The van der Waals surface area contributed by atoms with Gasteiger partial charge in [0.15, 0.2) is 0 Å². The van der Waals surface area contributed by atoms with Gasteiger partial charge in [0, 0.05) is 11.2 Å². The largest absolute Gasteiger partial charge is 0.480 e. The molecule has 1 aliphatic rings. The molecule has 2 aromatic rings. The minimum Gasteiger partial charge on any atom is -0.480 e. The van der Waals surface area contributed by atoms with Crippen LogP contribution in [0.3, 0.4) is 0 Å². The molecule has 7 heteroatoms. The average Bonchev–Trinajstić information content (AvgIpc) is 2.93. The number of esters is 1. The van der Waals surface area contributed by atoms with Gasteiger partial charge in [-0.2, -0.15) is 0 Å². The van der Waals surface area contributed by atoms with Crippen molar-refractivity contribution in [3.63, 3.8) is 0 Å². The third-order valence-electron chi connectivity index (χ3n) is 6.37. The van der Waals surface area contributed by atoms with E-state index in [0.29, 0.717) is 31.4 Å². The Kier molecular flexibility index (Phi) is 8.67. The summed E-state index contributed by atoms with van der Waals surface area (Å²) < 4.78 is 5.48. The predicted octanol–water partition coefficient (Wildman–Crippen LogP) is 4.08. The van der Waals surface area contributed by atoms with E-state index in [2.05, 4.69) is 0 Å². The summed E-state index contributed by atoms with van der Waals surface area (Å²) >= 11 is 0. The van der Waals surface area contributed by atoms with Crippen LogP contribution in [0.25, 0.3) is 0 Å². The zero-order valence-electron chi connectivity index (χ0n) is 21.1. The highest BCUT2D eigenvalue weighted by Gasteiger charge is 2.44. The number of hydrogen-bond donors (Lipinski definition) is 1. The van der Waals surface area contributed by atoms with Gasteiger partial charge in [0.2, 0.25) is 5.91 Å². The van der Waals surface area contributed by atoms with Crippen molar-refractivity contribution in [3.8, 4) is 0 Å². The fourth-order valence-corrected chi connectivity index (χ4v) is 4.97. The number of aliphatic carboxylic acids is 1. The van der Waals surface area contributed by atoms with Crippen LogP contribution in [-0.4, -0.2) is 58.6 Å². The number of carboxylic acid groups (broad SMARTS) is 1. The Morgan fingerprint density at radius 2 is 1.77 bits per heavy atom. The van der Waals surface area contributed by atoms with Crippen molar-refractivity contribution in [2.45, 2.75) is 71.0 Å². The topological polar surface area (TPSA) is 87.2 Å². The summed E-state index contributed by atoms with van der Waals surface area (Å²) in [4.78, 5) is 42.3. The predicted molar refractivity (Wildman–Crippen MR) is 135 cm³/mol. The number of para-hydroxylation sites is 1. The van der Waals surface area contributed by atoms with E-state index in [1.54, 1.807) is 13.0 Å². The number of benzene rings is 2. The third kappa shape index (κ3) is 6.48. The Labute approximate surface area is 207 Å². The fraction of sp³-hybridized carbons (Fsp3) is 0.464. The van der Waals surface area contributed by atoms with Gasteiger partial charge in [0.25, 0.3) is 0 Å². The summed E-state index contributed by atoms with van der Waals surface area (Å²) in [6.07, 6.45) is 2.21. The normalized spacial score (nSPS) is 17.0. The van der Waals surface area contributed by atoms with Crippen molar-refractivity contribution in [1.82, 2.24) is 4.90 Å². The van der Waals surface area contributed by atoms with Gasteiger partial charge in [-0.25, -0.2) is 0 Å². The highest BCUT2D eigenvalue weighted by Crippen LogP contribution is 2.33. The molecule has 3 rings (SSSR count). The molecule has 1 amide bonds. The van der Waals surface area contributed by atoms with E-state index in [1.165, 1.54) is 4.90 Å². The van der Waals surface area contributed by atoms with Crippen LogP contribution in [0.5, 0.6) is 0 Å². The van der Waals surface area contributed by atoms with Crippen molar-refractivity contribution in [2.24, 2.45) is 0 Å². The van der Waals surface area contributed by atoms with Crippen LogP contribution in [0.2, 0.25) is 0 Å². The molecule has 0 fully saturated rings. The summed E-state index contributed by atoms with van der Waals surface area (Å²) in [5.74, 6) is -1.75. The van der Waals surface area contributed by atoms with E-state index in [4.69, 9.17) is 4.74 Å². The van der Waals surface area contributed by atoms with E-state index >= 15 is 0 Å². The summed E-state index contributed by atoms with van der Waals surface area (Å²) in [6.45, 7) is 7.53. The van der Waals surface area contributed by atoms with E-state index in [-0.39, 0.29) is 18.5 Å². The number of nitrogens with zero attached hydrogens (tertiary/aromatic N) is 2. The van der Waals surface area contributed by atoms with E-state index in [1.807, 2.05) is 74.2 Å². The highest BCUT2D eigenvalue weighted by atomic mass is 16.5. The number of anilines is 1. The van der Waals surface area contributed by atoms with Gasteiger partial charge >= 0.3 is 11.9 Å². The van der Waals surface area contributed by atoms with Crippen molar-refractivity contribution < 1.29 is 24.2 Å². The first-order chi connectivity index (χ1) is 16.6. The summed E-state index contributed by atoms with van der Waals surface area (Å²) in [7, 11) is 0. The Hall–Kier alpha value is -3.19. The Bertz CT molecular complexity index is 1030. The maximum Gasteiger partial charge on any atom is 0.323 e. The zero-order chi connectivity index (χ0) is 25.6. The van der Waals surface area contributed by atoms with Gasteiger partial charge in [-0.3, -0.25) is 24.2 Å². The average molecular weight is 481 g/mol. The van der Waals surface area contributed by atoms with Gasteiger partial charge in [-0.05, 0) is 70.6 Å². The second-order valence-corrected chi connectivity index (χ2v) is 9.87. The SMILES string of the molecule is CCOC(=O)C(CCc1ccccc1)N(C1CCc2ccccc2N(CC(=O)O)C1=O)C(C)(C)C. The maximum atomic E-state index is 14.0. The van der Waals surface area contributed by atoms with Crippen LogP contribution in [-0.2, 0) is 32.0 Å². The number of hydrogen-bond acceptors (Lipinski definition) is 5. The minimum absolute atomic E-state index is 0.244. The Balaban J connectivity index is 2.02. The van der Waals surface area contributed by atoms with Crippen LogP contribution < -0.4 is 4.90 Å². The van der Waals surface area contributed by atoms with Crippen LogP contribution in [0.15, 0.2) is 54.6 Å². The molecule has 2 atom stereocenters. The summed E-state index contributed by atoms with van der Waals surface area (Å²) in [5, 5.41) is 9.58. The summed E-state index contributed by atoms with van der Waals surface area (Å²) in [5.41, 5.74) is 2.09. The monoisotopic (exact) mass is 480 g/mol. The fourth-order valence-electron chi connectivity index (χ4n) is 4.97. The van der Waals surface area contributed by atoms with Crippen LogP contribution >= 0.6 is 0 Å². The lowest BCUT2D eigenvalue weighted by atomic mass is 9.93. The molecular weight excluding hydrogens is 444 g/mol. The first-order valence-electron chi connectivity index (χ1n) is 12.2. The van der Waals surface area contributed by atoms with Crippen molar-refractivity contribution >= 4 is 23.5 Å². The number of carbonyl (C=O) groups is 3. The van der Waals surface area contributed by atoms with Crippen molar-refractivity contribution in [1.29, 1.82) is 0 Å². The first-order valence-corrected chi connectivity index (χ1v) is 12.2. The third-order valence-corrected chi connectivity index (χ3v) is 6.37. The Morgan fingerprint density at radius 3 is 2.40 bits per heavy atom. The molecule has 0 bridgehead atoms. The minimum atomic E-state index is -1.08. The number of aryl methyl sites for hydroxylation is 2. The highest BCUT2D eigenvalue weighted by molar-refractivity contribution is 6.02. The van der Waals surface area contributed by atoms with Gasteiger partial charge in [0.1, 0.15) is 12.6 Å². The number of carbonyl (C=O) groups excluding carboxylic acids is 2.